The number of ketones is 1. The third-order valence-electron chi connectivity index (χ3n) is 4.25. The van der Waals surface area contributed by atoms with E-state index >= 15 is 0 Å². The number of hydrogen-bond donors (Lipinski definition) is 0. The van der Waals surface area contributed by atoms with Gasteiger partial charge in [-0.25, -0.2) is 4.79 Å². The number of ether oxygens (including phenoxy) is 1. The highest BCUT2D eigenvalue weighted by Crippen LogP contribution is 2.19. The van der Waals surface area contributed by atoms with Crippen molar-refractivity contribution in [2.24, 2.45) is 0 Å². The summed E-state index contributed by atoms with van der Waals surface area (Å²) in [7, 11) is 0. The van der Waals surface area contributed by atoms with E-state index in [0.717, 1.165) is 22.3 Å². The normalized spacial score (nSPS) is 10.4. The lowest BCUT2D eigenvalue weighted by Gasteiger charge is -2.08. The molecule has 3 rings (SSSR count). The molecule has 0 atom stereocenters. The summed E-state index contributed by atoms with van der Waals surface area (Å²) in [5.41, 5.74) is 5.06. The molecule has 3 nitrogen and oxygen atoms in total. The fourth-order valence-corrected chi connectivity index (χ4v) is 2.81. The molecule has 3 aromatic rings. The molecule has 130 valence electrons. The zero-order valence-corrected chi connectivity index (χ0v) is 14.9. The molecular weight excluding hydrogens is 324 g/mol. The second-order valence-corrected chi connectivity index (χ2v) is 6.26. The van der Waals surface area contributed by atoms with Crippen molar-refractivity contribution in [1.82, 2.24) is 0 Å². The molecule has 0 bridgehead atoms. The van der Waals surface area contributed by atoms with Gasteiger partial charge in [-0.3, -0.25) is 4.79 Å². The van der Waals surface area contributed by atoms with E-state index in [1.54, 1.807) is 18.2 Å². The Morgan fingerprint density at radius 1 is 0.808 bits per heavy atom. The molecule has 0 aliphatic rings. The zero-order valence-electron chi connectivity index (χ0n) is 14.9. The number of rotatable bonds is 5. The summed E-state index contributed by atoms with van der Waals surface area (Å²) in [5.74, 6) is -0.695. The molecule has 0 heterocycles. The molecule has 0 fully saturated rings. The Bertz CT molecular complexity index is 925. The van der Waals surface area contributed by atoms with Crippen LogP contribution in [0.5, 0.6) is 0 Å². The minimum absolute atomic E-state index is 0.220. The van der Waals surface area contributed by atoms with Gasteiger partial charge in [-0.2, -0.15) is 0 Å². The molecule has 0 aromatic heterocycles. The van der Waals surface area contributed by atoms with Gasteiger partial charge in [0, 0.05) is 5.56 Å². The average Bonchev–Trinajstić information content (AvgIpc) is 2.66. The van der Waals surface area contributed by atoms with Gasteiger partial charge in [0.15, 0.2) is 12.4 Å². The van der Waals surface area contributed by atoms with Crippen LogP contribution >= 0.6 is 0 Å². The quantitative estimate of drug-likeness (QED) is 0.483. The number of hydrogen-bond acceptors (Lipinski definition) is 3. The molecule has 0 aliphatic carbocycles. The van der Waals surface area contributed by atoms with Crippen molar-refractivity contribution >= 4 is 11.8 Å². The molecule has 0 amide bonds. The van der Waals surface area contributed by atoms with E-state index in [-0.39, 0.29) is 12.4 Å². The van der Waals surface area contributed by atoms with Gasteiger partial charge in [0.25, 0.3) is 0 Å². The smallest absolute Gasteiger partial charge is 0.338 e. The largest absolute Gasteiger partial charge is 0.454 e. The molecule has 3 heteroatoms. The molecule has 0 saturated carbocycles. The highest BCUT2D eigenvalue weighted by Gasteiger charge is 2.14. The van der Waals surface area contributed by atoms with Crippen LogP contribution < -0.4 is 0 Å². The molecule has 0 saturated heterocycles. The van der Waals surface area contributed by atoms with Crippen LogP contribution in [0, 0.1) is 13.8 Å². The van der Waals surface area contributed by atoms with Gasteiger partial charge in [0.2, 0.25) is 0 Å². The number of aryl methyl sites for hydroxylation is 2. The number of carbonyl (C=O) groups excluding carboxylic acids is 2. The minimum atomic E-state index is -0.475. The molecule has 0 spiro atoms. The number of benzene rings is 3. The monoisotopic (exact) mass is 344 g/mol. The number of Topliss-reactive ketones (excluding diaryl/α,β-unsaturated/α-hetero) is 1. The highest BCUT2D eigenvalue weighted by molar-refractivity contribution is 6.00. The molecule has 0 unspecified atom stereocenters. The van der Waals surface area contributed by atoms with E-state index in [9.17, 15) is 9.59 Å². The van der Waals surface area contributed by atoms with Gasteiger partial charge < -0.3 is 4.74 Å². The van der Waals surface area contributed by atoms with E-state index < -0.39 is 5.97 Å². The Balaban J connectivity index is 1.64. The lowest BCUT2D eigenvalue weighted by molar-refractivity contribution is 0.0474. The molecule has 0 radical (unpaired) electrons. The fourth-order valence-electron chi connectivity index (χ4n) is 2.81. The van der Waals surface area contributed by atoms with Crippen molar-refractivity contribution in [3.8, 4) is 11.1 Å². The van der Waals surface area contributed by atoms with Crippen molar-refractivity contribution in [3.63, 3.8) is 0 Å². The van der Waals surface area contributed by atoms with E-state index in [0.29, 0.717) is 11.1 Å². The molecule has 3 aromatic carbocycles. The van der Waals surface area contributed by atoms with Crippen LogP contribution in [-0.4, -0.2) is 18.4 Å². The number of esters is 1. The summed E-state index contributed by atoms with van der Waals surface area (Å²) >= 11 is 0. The molecule has 0 N–H and O–H groups in total. The van der Waals surface area contributed by atoms with Crippen molar-refractivity contribution in [2.75, 3.05) is 6.61 Å². The lowest BCUT2D eigenvalue weighted by atomic mass is 10.0. The Morgan fingerprint density at radius 3 is 2.12 bits per heavy atom. The van der Waals surface area contributed by atoms with Crippen molar-refractivity contribution in [3.05, 3.63) is 95.1 Å². The third-order valence-corrected chi connectivity index (χ3v) is 4.25. The standard InChI is InChI=1S/C23H20O3/c1-16-8-13-21(17(2)14-16)23(25)26-15-22(24)20-11-9-19(10-12-20)18-6-4-3-5-7-18/h3-14H,15H2,1-2H3. The first-order valence-electron chi connectivity index (χ1n) is 8.47. The molecule has 26 heavy (non-hydrogen) atoms. The third kappa shape index (κ3) is 4.06. The van der Waals surface area contributed by atoms with Gasteiger partial charge in [-0.1, -0.05) is 72.3 Å². The second-order valence-electron chi connectivity index (χ2n) is 6.26. The summed E-state index contributed by atoms with van der Waals surface area (Å²) in [6.07, 6.45) is 0. The molecule has 0 aliphatic heterocycles. The van der Waals surface area contributed by atoms with Gasteiger partial charge in [-0.05, 0) is 36.6 Å². The van der Waals surface area contributed by atoms with Crippen molar-refractivity contribution in [1.29, 1.82) is 0 Å². The van der Waals surface area contributed by atoms with Crippen molar-refractivity contribution in [2.45, 2.75) is 13.8 Å². The summed E-state index contributed by atoms with van der Waals surface area (Å²) < 4.78 is 5.19. The lowest BCUT2D eigenvalue weighted by Crippen LogP contribution is -2.15. The van der Waals surface area contributed by atoms with Crippen LogP contribution in [0.1, 0.15) is 31.8 Å². The summed E-state index contributed by atoms with van der Waals surface area (Å²) in [6, 6.07) is 22.8. The first kappa shape index (κ1) is 17.6. The first-order chi connectivity index (χ1) is 12.5. The summed E-state index contributed by atoms with van der Waals surface area (Å²) in [4.78, 5) is 24.5. The topological polar surface area (TPSA) is 43.4 Å². The Kier molecular flexibility index (Phi) is 5.28. The SMILES string of the molecule is Cc1ccc(C(=O)OCC(=O)c2ccc(-c3ccccc3)cc2)c(C)c1. The van der Waals surface area contributed by atoms with Crippen LogP contribution in [0.25, 0.3) is 11.1 Å². The first-order valence-corrected chi connectivity index (χ1v) is 8.47. The van der Waals surface area contributed by atoms with E-state index in [4.69, 9.17) is 4.74 Å². The van der Waals surface area contributed by atoms with E-state index in [2.05, 4.69) is 0 Å². The predicted molar refractivity (Wildman–Crippen MR) is 102 cm³/mol. The van der Waals surface area contributed by atoms with Crippen LogP contribution in [0.4, 0.5) is 0 Å². The fraction of sp³-hybridized carbons (Fsp3) is 0.130. The van der Waals surface area contributed by atoms with Gasteiger partial charge in [0.05, 0.1) is 5.56 Å². The Labute approximate surface area is 153 Å². The Hall–Kier alpha value is -3.20. The van der Waals surface area contributed by atoms with Crippen LogP contribution in [-0.2, 0) is 4.74 Å². The van der Waals surface area contributed by atoms with Gasteiger partial charge in [-0.15, -0.1) is 0 Å². The van der Waals surface area contributed by atoms with E-state index in [1.807, 2.05) is 68.4 Å². The van der Waals surface area contributed by atoms with Gasteiger partial charge >= 0.3 is 5.97 Å². The van der Waals surface area contributed by atoms with Crippen LogP contribution in [0.15, 0.2) is 72.8 Å². The highest BCUT2D eigenvalue weighted by atomic mass is 16.5. The Morgan fingerprint density at radius 2 is 1.46 bits per heavy atom. The van der Waals surface area contributed by atoms with Crippen molar-refractivity contribution < 1.29 is 14.3 Å². The molecular formula is C23H20O3. The zero-order chi connectivity index (χ0) is 18.5. The summed E-state index contributed by atoms with van der Waals surface area (Å²) in [6.45, 7) is 3.55. The average molecular weight is 344 g/mol. The number of carbonyl (C=O) groups is 2. The maximum atomic E-state index is 12.3. The maximum Gasteiger partial charge on any atom is 0.338 e. The van der Waals surface area contributed by atoms with E-state index in [1.165, 1.54) is 0 Å². The maximum absolute atomic E-state index is 12.3. The minimum Gasteiger partial charge on any atom is -0.454 e. The predicted octanol–water partition coefficient (Wildman–Crippen LogP) is 5.01. The van der Waals surface area contributed by atoms with Crippen LogP contribution in [0.2, 0.25) is 0 Å². The summed E-state index contributed by atoms with van der Waals surface area (Å²) in [5, 5.41) is 0. The second kappa shape index (κ2) is 7.79. The van der Waals surface area contributed by atoms with Gasteiger partial charge in [0.1, 0.15) is 0 Å². The van der Waals surface area contributed by atoms with Crippen LogP contribution in [0.3, 0.4) is 0 Å².